The van der Waals surface area contributed by atoms with Crippen molar-refractivity contribution in [3.05, 3.63) is 30.4 Å². The molecular formula is C13H11N5O3S. The van der Waals surface area contributed by atoms with Gasteiger partial charge in [0.1, 0.15) is 6.33 Å². The number of hydrogen-bond donors (Lipinski definition) is 0. The minimum atomic E-state index is 0.241. The molecule has 0 radical (unpaired) electrons. The lowest BCUT2D eigenvalue weighted by molar-refractivity contribution is 0.174. The zero-order valence-electron chi connectivity index (χ0n) is 11.6. The van der Waals surface area contributed by atoms with Crippen LogP contribution in [0.5, 0.6) is 11.5 Å². The number of nitrogens with zero attached hydrogens (tertiary/aromatic N) is 5. The van der Waals surface area contributed by atoms with Crippen LogP contribution in [0.4, 0.5) is 0 Å². The summed E-state index contributed by atoms with van der Waals surface area (Å²) in [7, 11) is 1.88. The molecule has 1 aliphatic heterocycles. The van der Waals surface area contributed by atoms with Crippen molar-refractivity contribution in [3.8, 4) is 22.9 Å². The molecule has 0 aliphatic carbocycles. The fraction of sp³-hybridized carbons (Fsp3) is 0.231. The van der Waals surface area contributed by atoms with Gasteiger partial charge in [-0.15, -0.1) is 10.2 Å². The van der Waals surface area contributed by atoms with Crippen molar-refractivity contribution < 1.29 is 14.0 Å². The fourth-order valence-corrected chi connectivity index (χ4v) is 2.72. The van der Waals surface area contributed by atoms with Crippen LogP contribution in [0, 0.1) is 0 Å². The molecule has 4 rings (SSSR count). The maximum absolute atomic E-state index is 5.35. The number of thioether (sulfide) groups is 1. The fourth-order valence-electron chi connectivity index (χ4n) is 2.00. The van der Waals surface area contributed by atoms with Crippen molar-refractivity contribution in [2.24, 2.45) is 7.05 Å². The summed E-state index contributed by atoms with van der Waals surface area (Å²) in [6.07, 6.45) is 1.65. The van der Waals surface area contributed by atoms with Gasteiger partial charge in [-0.2, -0.15) is 4.98 Å². The summed E-state index contributed by atoms with van der Waals surface area (Å²) in [5, 5.41) is 12.6. The highest BCUT2D eigenvalue weighted by atomic mass is 32.2. The Morgan fingerprint density at radius 2 is 2.18 bits per heavy atom. The molecule has 0 bridgehead atoms. The van der Waals surface area contributed by atoms with E-state index in [-0.39, 0.29) is 6.79 Å². The number of benzene rings is 1. The van der Waals surface area contributed by atoms with Crippen LogP contribution in [0.1, 0.15) is 5.89 Å². The predicted octanol–water partition coefficient (Wildman–Crippen LogP) is 1.89. The Morgan fingerprint density at radius 1 is 1.27 bits per heavy atom. The highest BCUT2D eigenvalue weighted by Crippen LogP contribution is 2.35. The van der Waals surface area contributed by atoms with Crippen LogP contribution in [0.2, 0.25) is 0 Å². The first kappa shape index (κ1) is 13.1. The summed E-state index contributed by atoms with van der Waals surface area (Å²) in [4.78, 5) is 4.38. The molecule has 0 saturated heterocycles. The standard InChI is InChI=1S/C13H11N5O3S/c1-18-6-14-16-13(18)22-5-11-15-12(17-21-11)8-2-3-9-10(4-8)20-7-19-9/h2-4,6H,5,7H2,1H3. The molecular weight excluding hydrogens is 306 g/mol. The van der Waals surface area contributed by atoms with Crippen LogP contribution < -0.4 is 9.47 Å². The van der Waals surface area contributed by atoms with Crippen LogP contribution >= 0.6 is 11.8 Å². The number of ether oxygens (including phenoxy) is 2. The van der Waals surface area contributed by atoms with Gasteiger partial charge in [0.05, 0.1) is 5.75 Å². The lowest BCUT2D eigenvalue weighted by Crippen LogP contribution is -1.92. The molecule has 112 valence electrons. The third-order valence-corrected chi connectivity index (χ3v) is 4.11. The maximum Gasteiger partial charge on any atom is 0.237 e. The molecule has 8 nitrogen and oxygen atoms in total. The van der Waals surface area contributed by atoms with Crippen molar-refractivity contribution >= 4 is 11.8 Å². The Kier molecular flexibility index (Phi) is 3.19. The molecule has 0 unspecified atom stereocenters. The van der Waals surface area contributed by atoms with Gasteiger partial charge >= 0.3 is 0 Å². The molecule has 0 spiro atoms. The topological polar surface area (TPSA) is 88.1 Å². The van der Waals surface area contributed by atoms with E-state index in [9.17, 15) is 0 Å². The summed E-state index contributed by atoms with van der Waals surface area (Å²) < 4.78 is 17.7. The second kappa shape index (κ2) is 5.34. The van der Waals surface area contributed by atoms with Gasteiger partial charge in [0.25, 0.3) is 0 Å². The highest BCUT2D eigenvalue weighted by molar-refractivity contribution is 7.98. The van der Waals surface area contributed by atoms with Crippen molar-refractivity contribution in [2.75, 3.05) is 6.79 Å². The van der Waals surface area contributed by atoms with Crippen LogP contribution in [0.15, 0.2) is 34.2 Å². The number of fused-ring (bicyclic) bond motifs is 1. The summed E-state index contributed by atoms with van der Waals surface area (Å²) in [5.41, 5.74) is 0.822. The van der Waals surface area contributed by atoms with E-state index >= 15 is 0 Å². The van der Waals surface area contributed by atoms with E-state index < -0.39 is 0 Å². The van der Waals surface area contributed by atoms with Gasteiger partial charge in [-0.3, -0.25) is 0 Å². The molecule has 0 atom stereocenters. The first-order valence-electron chi connectivity index (χ1n) is 6.49. The minimum absolute atomic E-state index is 0.241. The molecule has 2 aromatic heterocycles. The lowest BCUT2D eigenvalue weighted by atomic mass is 10.2. The van der Waals surface area contributed by atoms with Gasteiger partial charge in [0, 0.05) is 12.6 Å². The molecule has 0 saturated carbocycles. The lowest BCUT2D eigenvalue weighted by Gasteiger charge is -1.97. The Labute approximate surface area is 129 Å². The van der Waals surface area contributed by atoms with Crippen molar-refractivity contribution in [2.45, 2.75) is 10.9 Å². The van der Waals surface area contributed by atoms with Crippen LogP contribution in [-0.4, -0.2) is 31.7 Å². The Balaban J connectivity index is 1.50. The zero-order chi connectivity index (χ0) is 14.9. The quantitative estimate of drug-likeness (QED) is 0.674. The van der Waals surface area contributed by atoms with E-state index in [2.05, 4.69) is 20.3 Å². The molecule has 9 heteroatoms. The number of aromatic nitrogens is 5. The number of rotatable bonds is 4. The first-order valence-corrected chi connectivity index (χ1v) is 7.47. The minimum Gasteiger partial charge on any atom is -0.454 e. The zero-order valence-corrected chi connectivity index (χ0v) is 12.4. The molecule has 0 fully saturated rings. The summed E-state index contributed by atoms with van der Waals surface area (Å²) in [6, 6.07) is 5.55. The molecule has 1 aromatic carbocycles. The SMILES string of the molecule is Cn1cnnc1SCc1nc(-c2ccc3c(c2)OCO3)no1. The number of aryl methyl sites for hydroxylation is 1. The highest BCUT2D eigenvalue weighted by Gasteiger charge is 2.16. The molecule has 22 heavy (non-hydrogen) atoms. The summed E-state index contributed by atoms with van der Waals surface area (Å²) in [6.45, 7) is 0.241. The van der Waals surface area contributed by atoms with Crippen molar-refractivity contribution in [1.29, 1.82) is 0 Å². The van der Waals surface area contributed by atoms with E-state index in [1.807, 2.05) is 29.8 Å². The molecule has 3 aromatic rings. The summed E-state index contributed by atoms with van der Waals surface area (Å²) >= 11 is 1.48. The third-order valence-electron chi connectivity index (χ3n) is 3.09. The number of hydrogen-bond acceptors (Lipinski definition) is 8. The van der Waals surface area contributed by atoms with Gasteiger partial charge in [-0.05, 0) is 18.2 Å². The Morgan fingerprint density at radius 3 is 3.05 bits per heavy atom. The normalized spacial score (nSPS) is 12.8. The monoisotopic (exact) mass is 317 g/mol. The van der Waals surface area contributed by atoms with Crippen molar-refractivity contribution in [1.82, 2.24) is 24.9 Å². The molecule has 1 aliphatic rings. The largest absolute Gasteiger partial charge is 0.454 e. The van der Waals surface area contributed by atoms with Gasteiger partial charge in [-0.1, -0.05) is 16.9 Å². The van der Waals surface area contributed by atoms with E-state index in [1.54, 1.807) is 6.33 Å². The van der Waals surface area contributed by atoms with Gasteiger partial charge in [-0.25, -0.2) is 0 Å². The Bertz CT molecular complexity index is 816. The third kappa shape index (κ3) is 2.39. The second-order valence-electron chi connectivity index (χ2n) is 4.59. The second-order valence-corrected chi connectivity index (χ2v) is 5.54. The van der Waals surface area contributed by atoms with E-state index in [4.69, 9.17) is 14.0 Å². The van der Waals surface area contributed by atoms with Crippen LogP contribution in [0.3, 0.4) is 0 Å². The van der Waals surface area contributed by atoms with Gasteiger partial charge < -0.3 is 18.6 Å². The van der Waals surface area contributed by atoms with Gasteiger partial charge in [0.2, 0.25) is 18.5 Å². The van der Waals surface area contributed by atoms with E-state index in [0.717, 1.165) is 16.5 Å². The van der Waals surface area contributed by atoms with Gasteiger partial charge in [0.15, 0.2) is 16.7 Å². The molecule has 0 N–H and O–H groups in total. The average molecular weight is 317 g/mol. The maximum atomic E-state index is 5.35. The van der Waals surface area contributed by atoms with E-state index in [0.29, 0.717) is 23.2 Å². The van der Waals surface area contributed by atoms with Crippen molar-refractivity contribution in [3.63, 3.8) is 0 Å². The Hall–Kier alpha value is -2.55. The molecule has 3 heterocycles. The average Bonchev–Trinajstić information content (AvgIpc) is 3.25. The van der Waals surface area contributed by atoms with Crippen LogP contribution in [0.25, 0.3) is 11.4 Å². The van der Waals surface area contributed by atoms with E-state index in [1.165, 1.54) is 11.8 Å². The first-order chi connectivity index (χ1) is 10.8. The predicted molar refractivity (Wildman–Crippen MR) is 76.4 cm³/mol. The smallest absolute Gasteiger partial charge is 0.237 e. The van der Waals surface area contributed by atoms with Crippen LogP contribution in [-0.2, 0) is 12.8 Å². The molecule has 0 amide bonds. The summed E-state index contributed by atoms with van der Waals surface area (Å²) in [5.74, 6) is 3.00.